The van der Waals surface area contributed by atoms with Gasteiger partial charge in [0.1, 0.15) is 5.75 Å². The van der Waals surface area contributed by atoms with Crippen LogP contribution < -0.4 is 10.1 Å². The highest BCUT2D eigenvalue weighted by Crippen LogP contribution is 2.34. The fourth-order valence-corrected chi connectivity index (χ4v) is 3.22. The van der Waals surface area contributed by atoms with Crippen molar-refractivity contribution in [3.05, 3.63) is 63.6 Å². The molecule has 2 nitrogen and oxygen atoms in total. The van der Waals surface area contributed by atoms with Gasteiger partial charge in [-0.05, 0) is 47.7 Å². The lowest BCUT2D eigenvalue weighted by Crippen LogP contribution is -2.18. The van der Waals surface area contributed by atoms with Crippen molar-refractivity contribution in [2.24, 2.45) is 0 Å². The fraction of sp³-hybridized carbons (Fsp3) is 0.294. The topological polar surface area (TPSA) is 21.3 Å². The second-order valence-corrected chi connectivity index (χ2v) is 5.98. The smallest absolute Gasteiger partial charge is 0.119 e. The van der Waals surface area contributed by atoms with Crippen LogP contribution in [0.15, 0.2) is 46.9 Å². The van der Waals surface area contributed by atoms with Crippen LogP contribution in [0, 0.1) is 0 Å². The van der Waals surface area contributed by atoms with Crippen LogP contribution in [-0.2, 0) is 13.0 Å². The predicted molar refractivity (Wildman–Crippen MR) is 85.0 cm³/mol. The number of ether oxygens (including phenoxy) is 1. The van der Waals surface area contributed by atoms with E-state index in [1.807, 2.05) is 6.07 Å². The van der Waals surface area contributed by atoms with Crippen LogP contribution in [0.2, 0.25) is 0 Å². The zero-order valence-corrected chi connectivity index (χ0v) is 13.1. The van der Waals surface area contributed by atoms with Crippen molar-refractivity contribution in [1.29, 1.82) is 0 Å². The summed E-state index contributed by atoms with van der Waals surface area (Å²) in [6.45, 7) is 0.878. The van der Waals surface area contributed by atoms with E-state index >= 15 is 0 Å². The van der Waals surface area contributed by atoms with Crippen molar-refractivity contribution in [1.82, 2.24) is 5.32 Å². The Morgan fingerprint density at radius 2 is 2.10 bits per heavy atom. The summed E-state index contributed by atoms with van der Waals surface area (Å²) in [5.41, 5.74) is 4.12. The maximum Gasteiger partial charge on any atom is 0.119 e. The van der Waals surface area contributed by atoms with Crippen molar-refractivity contribution >= 4 is 15.9 Å². The Kier molecular flexibility index (Phi) is 4.08. The van der Waals surface area contributed by atoms with Crippen molar-refractivity contribution in [2.45, 2.75) is 25.4 Å². The average molecular weight is 332 g/mol. The van der Waals surface area contributed by atoms with Crippen LogP contribution in [0.25, 0.3) is 0 Å². The van der Waals surface area contributed by atoms with Gasteiger partial charge in [-0.25, -0.2) is 0 Å². The molecular formula is C17H18BrNO. The maximum atomic E-state index is 5.33. The Hall–Kier alpha value is -1.32. The molecule has 104 valence electrons. The molecule has 3 heteroatoms. The third kappa shape index (κ3) is 2.74. The Bertz CT molecular complexity index is 612. The molecule has 0 fully saturated rings. The highest BCUT2D eigenvalue weighted by atomic mass is 79.9. The van der Waals surface area contributed by atoms with Crippen LogP contribution in [0.5, 0.6) is 5.75 Å². The number of aryl methyl sites for hydroxylation is 1. The normalized spacial score (nSPS) is 17.0. The summed E-state index contributed by atoms with van der Waals surface area (Å²) in [6, 6.07) is 15.2. The van der Waals surface area contributed by atoms with Gasteiger partial charge in [-0.2, -0.15) is 0 Å². The van der Waals surface area contributed by atoms with Gasteiger partial charge in [-0.3, -0.25) is 0 Å². The van der Waals surface area contributed by atoms with Gasteiger partial charge in [-0.1, -0.05) is 40.2 Å². The molecule has 0 radical (unpaired) electrons. The minimum atomic E-state index is 0.423. The summed E-state index contributed by atoms with van der Waals surface area (Å²) in [5.74, 6) is 0.943. The summed E-state index contributed by atoms with van der Waals surface area (Å²) < 4.78 is 6.50. The molecule has 20 heavy (non-hydrogen) atoms. The van der Waals surface area contributed by atoms with Crippen LogP contribution in [0.1, 0.15) is 29.2 Å². The molecule has 0 spiro atoms. The van der Waals surface area contributed by atoms with Gasteiger partial charge >= 0.3 is 0 Å². The fourth-order valence-electron chi connectivity index (χ4n) is 2.79. The van der Waals surface area contributed by atoms with Crippen molar-refractivity contribution in [3.8, 4) is 5.75 Å². The van der Waals surface area contributed by atoms with Gasteiger partial charge in [0.2, 0.25) is 0 Å². The van der Waals surface area contributed by atoms with Gasteiger partial charge in [0.15, 0.2) is 0 Å². The van der Waals surface area contributed by atoms with Gasteiger partial charge in [-0.15, -0.1) is 0 Å². The number of rotatable bonds is 4. The molecule has 1 atom stereocenters. The van der Waals surface area contributed by atoms with Gasteiger partial charge in [0.05, 0.1) is 7.11 Å². The lowest BCUT2D eigenvalue weighted by atomic mass is 10.1. The maximum absolute atomic E-state index is 5.33. The predicted octanol–water partition coefficient (Wildman–Crippen LogP) is 4.23. The molecule has 0 aromatic heterocycles. The van der Waals surface area contributed by atoms with E-state index in [1.54, 1.807) is 7.11 Å². The molecule has 3 rings (SSSR count). The third-order valence-electron chi connectivity index (χ3n) is 3.93. The summed E-state index contributed by atoms with van der Waals surface area (Å²) >= 11 is 3.60. The molecule has 1 aliphatic carbocycles. The van der Waals surface area contributed by atoms with Crippen LogP contribution in [-0.4, -0.2) is 7.11 Å². The first kappa shape index (κ1) is 13.7. The van der Waals surface area contributed by atoms with Crippen molar-refractivity contribution in [2.75, 3.05) is 7.11 Å². The van der Waals surface area contributed by atoms with E-state index in [1.165, 1.54) is 16.7 Å². The van der Waals surface area contributed by atoms with E-state index in [9.17, 15) is 0 Å². The zero-order chi connectivity index (χ0) is 13.9. The lowest BCUT2D eigenvalue weighted by Gasteiger charge is -2.15. The standard InChI is InChI=1S/C17H18BrNO/c1-20-14-8-6-12-7-9-17(15(12)10-14)19-11-13-4-2-3-5-16(13)18/h2-6,8,10,17,19H,7,9,11H2,1H3. The molecule has 1 N–H and O–H groups in total. The van der Waals surface area contributed by atoms with Crippen molar-refractivity contribution in [3.63, 3.8) is 0 Å². The third-order valence-corrected chi connectivity index (χ3v) is 4.70. The summed E-state index contributed by atoms with van der Waals surface area (Å²) in [7, 11) is 1.72. The Labute approximate surface area is 128 Å². The van der Waals surface area contributed by atoms with Gasteiger partial charge < -0.3 is 10.1 Å². The molecule has 2 aromatic carbocycles. The number of hydrogen-bond donors (Lipinski definition) is 1. The van der Waals surface area contributed by atoms with E-state index in [0.717, 1.165) is 29.6 Å². The minimum absolute atomic E-state index is 0.423. The summed E-state index contributed by atoms with van der Waals surface area (Å²) in [5, 5.41) is 3.66. The summed E-state index contributed by atoms with van der Waals surface area (Å²) in [4.78, 5) is 0. The van der Waals surface area contributed by atoms with Gasteiger partial charge in [0, 0.05) is 17.1 Å². The number of fused-ring (bicyclic) bond motifs is 1. The first-order valence-electron chi connectivity index (χ1n) is 6.91. The van der Waals surface area contributed by atoms with E-state index in [-0.39, 0.29) is 0 Å². The quantitative estimate of drug-likeness (QED) is 0.904. The molecular weight excluding hydrogens is 314 g/mol. The number of methoxy groups -OCH3 is 1. The minimum Gasteiger partial charge on any atom is -0.497 e. The Morgan fingerprint density at radius 1 is 1.25 bits per heavy atom. The van der Waals surface area contributed by atoms with E-state index in [4.69, 9.17) is 4.74 Å². The molecule has 0 saturated carbocycles. The van der Waals surface area contributed by atoms with Crippen molar-refractivity contribution < 1.29 is 4.74 Å². The number of halogens is 1. The summed E-state index contributed by atoms with van der Waals surface area (Å²) in [6.07, 6.45) is 2.31. The molecule has 0 saturated heterocycles. The molecule has 0 aliphatic heterocycles. The molecule has 0 bridgehead atoms. The second kappa shape index (κ2) is 5.98. The zero-order valence-electron chi connectivity index (χ0n) is 11.5. The highest BCUT2D eigenvalue weighted by molar-refractivity contribution is 9.10. The van der Waals surface area contributed by atoms with Crippen LogP contribution in [0.4, 0.5) is 0 Å². The van der Waals surface area contributed by atoms with E-state index in [2.05, 4.69) is 57.6 Å². The number of nitrogens with one attached hydrogen (secondary N) is 1. The number of hydrogen-bond acceptors (Lipinski definition) is 2. The van der Waals surface area contributed by atoms with Crippen LogP contribution >= 0.6 is 15.9 Å². The molecule has 2 aromatic rings. The second-order valence-electron chi connectivity index (χ2n) is 5.13. The average Bonchev–Trinajstić information content (AvgIpc) is 2.88. The monoisotopic (exact) mass is 331 g/mol. The highest BCUT2D eigenvalue weighted by Gasteiger charge is 2.22. The first-order valence-corrected chi connectivity index (χ1v) is 7.71. The van der Waals surface area contributed by atoms with Gasteiger partial charge in [0.25, 0.3) is 0 Å². The lowest BCUT2D eigenvalue weighted by molar-refractivity contribution is 0.413. The molecule has 0 heterocycles. The molecule has 1 unspecified atom stereocenters. The largest absolute Gasteiger partial charge is 0.497 e. The van der Waals surface area contributed by atoms with Crippen LogP contribution in [0.3, 0.4) is 0 Å². The van der Waals surface area contributed by atoms with E-state index in [0.29, 0.717) is 6.04 Å². The molecule has 1 aliphatic rings. The number of benzene rings is 2. The van der Waals surface area contributed by atoms with E-state index < -0.39 is 0 Å². The Morgan fingerprint density at radius 3 is 2.90 bits per heavy atom. The molecule has 0 amide bonds. The SMILES string of the molecule is COc1ccc2c(c1)C(NCc1ccccc1Br)CC2. The first-order chi connectivity index (χ1) is 9.78. The Balaban J connectivity index is 1.73.